The number of carbonyl (C=O) groups is 2. The lowest BCUT2D eigenvalue weighted by Crippen LogP contribution is -2.96. The SMILES string of the molecule is O=C1CC([NH2+]C2CCCCC2)C(=O)N1c1ccc(F)cc1. The van der Waals surface area contributed by atoms with E-state index in [1.807, 2.05) is 0 Å². The second kappa shape index (κ2) is 5.93. The molecule has 2 N–H and O–H groups in total. The Balaban J connectivity index is 1.71. The Bertz CT molecular complexity index is 538. The van der Waals surface area contributed by atoms with E-state index in [2.05, 4.69) is 5.32 Å². The van der Waals surface area contributed by atoms with E-state index in [1.165, 1.54) is 48.4 Å². The Hall–Kier alpha value is -1.75. The normalized spacial score (nSPS) is 23.9. The number of hydrogen-bond donors (Lipinski definition) is 1. The van der Waals surface area contributed by atoms with Gasteiger partial charge in [-0.2, -0.15) is 0 Å². The van der Waals surface area contributed by atoms with Gasteiger partial charge in [-0.3, -0.25) is 9.59 Å². The average Bonchev–Trinajstić information content (AvgIpc) is 2.76. The molecule has 1 aromatic rings. The summed E-state index contributed by atoms with van der Waals surface area (Å²) in [5.74, 6) is -0.732. The highest BCUT2D eigenvalue weighted by Crippen LogP contribution is 2.22. The Kier molecular flexibility index (Phi) is 4.01. The van der Waals surface area contributed by atoms with E-state index in [-0.39, 0.29) is 30.1 Å². The number of anilines is 1. The van der Waals surface area contributed by atoms with Crippen LogP contribution in [0.1, 0.15) is 38.5 Å². The lowest BCUT2D eigenvalue weighted by Gasteiger charge is -2.22. The van der Waals surface area contributed by atoms with Crippen molar-refractivity contribution < 1.29 is 19.3 Å². The minimum absolute atomic E-state index is 0.169. The molecule has 1 saturated heterocycles. The summed E-state index contributed by atoms with van der Waals surface area (Å²) in [6, 6.07) is 5.64. The quantitative estimate of drug-likeness (QED) is 0.855. The summed E-state index contributed by atoms with van der Waals surface area (Å²) >= 11 is 0. The lowest BCUT2D eigenvalue weighted by molar-refractivity contribution is -0.710. The molecule has 1 saturated carbocycles. The van der Waals surface area contributed by atoms with Gasteiger partial charge in [0.2, 0.25) is 5.91 Å². The number of rotatable bonds is 3. The predicted octanol–water partition coefficient (Wildman–Crippen LogP) is 1.35. The molecule has 1 atom stereocenters. The summed E-state index contributed by atoms with van der Waals surface area (Å²) in [5.41, 5.74) is 0.464. The summed E-state index contributed by atoms with van der Waals surface area (Å²) in [7, 11) is 0. The average molecular weight is 291 g/mol. The molecule has 4 nitrogen and oxygen atoms in total. The van der Waals surface area contributed by atoms with Crippen molar-refractivity contribution in [1.82, 2.24) is 0 Å². The van der Waals surface area contributed by atoms with Crippen LogP contribution in [0, 0.1) is 5.82 Å². The second-order valence-electron chi connectivity index (χ2n) is 5.94. The second-order valence-corrected chi connectivity index (χ2v) is 5.94. The number of amides is 2. The molecular weight excluding hydrogens is 271 g/mol. The predicted molar refractivity (Wildman–Crippen MR) is 76.1 cm³/mol. The number of carbonyl (C=O) groups excluding carboxylic acids is 2. The molecule has 1 aliphatic carbocycles. The van der Waals surface area contributed by atoms with Gasteiger partial charge in [0.15, 0.2) is 6.04 Å². The van der Waals surface area contributed by atoms with Crippen molar-refractivity contribution in [3.63, 3.8) is 0 Å². The minimum atomic E-state index is -0.372. The molecule has 0 aromatic heterocycles. The summed E-state index contributed by atoms with van der Waals surface area (Å²) < 4.78 is 13.0. The van der Waals surface area contributed by atoms with Gasteiger partial charge in [0.05, 0.1) is 18.2 Å². The molecule has 0 radical (unpaired) electrons. The number of nitrogens with two attached hydrogens (primary N) is 1. The van der Waals surface area contributed by atoms with Crippen LogP contribution in [-0.4, -0.2) is 23.9 Å². The van der Waals surface area contributed by atoms with Crippen molar-refractivity contribution in [2.45, 2.75) is 50.6 Å². The van der Waals surface area contributed by atoms with E-state index >= 15 is 0 Å². The zero-order chi connectivity index (χ0) is 14.8. The zero-order valence-electron chi connectivity index (χ0n) is 11.9. The molecule has 3 rings (SSSR count). The molecule has 1 heterocycles. The summed E-state index contributed by atoms with van der Waals surface area (Å²) in [4.78, 5) is 25.8. The third-order valence-corrected chi connectivity index (χ3v) is 4.42. The van der Waals surface area contributed by atoms with Gasteiger partial charge >= 0.3 is 0 Å². The van der Waals surface area contributed by atoms with Crippen LogP contribution in [0.3, 0.4) is 0 Å². The van der Waals surface area contributed by atoms with E-state index in [0.717, 1.165) is 12.8 Å². The van der Waals surface area contributed by atoms with Gasteiger partial charge in [0, 0.05) is 0 Å². The fourth-order valence-electron chi connectivity index (χ4n) is 3.32. The fourth-order valence-corrected chi connectivity index (χ4v) is 3.32. The van der Waals surface area contributed by atoms with Crippen LogP contribution < -0.4 is 10.2 Å². The number of halogens is 1. The monoisotopic (exact) mass is 291 g/mol. The fraction of sp³-hybridized carbons (Fsp3) is 0.500. The molecule has 1 aromatic carbocycles. The van der Waals surface area contributed by atoms with Crippen LogP contribution in [0.5, 0.6) is 0 Å². The van der Waals surface area contributed by atoms with Crippen LogP contribution >= 0.6 is 0 Å². The maximum absolute atomic E-state index is 13.0. The molecule has 112 valence electrons. The van der Waals surface area contributed by atoms with Gasteiger partial charge in [0.25, 0.3) is 5.91 Å². The van der Waals surface area contributed by atoms with Crippen molar-refractivity contribution in [1.29, 1.82) is 0 Å². The Morgan fingerprint density at radius 2 is 1.71 bits per heavy atom. The number of quaternary nitrogens is 1. The standard InChI is InChI=1S/C16H19FN2O2/c17-11-6-8-13(9-7-11)19-15(20)10-14(16(19)21)18-12-4-2-1-3-5-12/h6-9,12,14,18H,1-5,10H2/p+1. The van der Waals surface area contributed by atoms with Gasteiger partial charge in [-0.05, 0) is 49.9 Å². The first-order chi connectivity index (χ1) is 10.1. The lowest BCUT2D eigenvalue weighted by atomic mass is 9.95. The molecule has 0 spiro atoms. The zero-order valence-corrected chi connectivity index (χ0v) is 11.9. The Morgan fingerprint density at radius 1 is 1.05 bits per heavy atom. The van der Waals surface area contributed by atoms with Crippen molar-refractivity contribution in [2.24, 2.45) is 0 Å². The van der Waals surface area contributed by atoms with Crippen molar-refractivity contribution in [3.8, 4) is 0 Å². The summed E-state index contributed by atoms with van der Waals surface area (Å²) in [6.07, 6.45) is 6.16. The smallest absolute Gasteiger partial charge is 0.292 e. The van der Waals surface area contributed by atoms with Crippen molar-refractivity contribution in [3.05, 3.63) is 30.1 Å². The van der Waals surface area contributed by atoms with Gasteiger partial charge in [-0.25, -0.2) is 9.29 Å². The Labute approximate surface area is 123 Å². The van der Waals surface area contributed by atoms with Crippen LogP contribution in [0.25, 0.3) is 0 Å². The highest BCUT2D eigenvalue weighted by atomic mass is 19.1. The van der Waals surface area contributed by atoms with Crippen LogP contribution in [0.2, 0.25) is 0 Å². The molecule has 2 aliphatic rings. The van der Waals surface area contributed by atoms with E-state index in [9.17, 15) is 14.0 Å². The summed E-state index contributed by atoms with van der Waals surface area (Å²) in [5, 5.41) is 2.07. The highest BCUT2D eigenvalue weighted by molar-refractivity contribution is 6.21. The molecule has 5 heteroatoms. The minimum Gasteiger partial charge on any atom is -0.333 e. The number of imide groups is 1. The first-order valence-corrected chi connectivity index (χ1v) is 7.62. The molecule has 2 amide bonds. The number of benzene rings is 1. The molecule has 0 bridgehead atoms. The van der Waals surface area contributed by atoms with E-state index < -0.39 is 0 Å². The van der Waals surface area contributed by atoms with Crippen molar-refractivity contribution >= 4 is 17.5 Å². The van der Waals surface area contributed by atoms with Gasteiger partial charge in [-0.15, -0.1) is 0 Å². The topological polar surface area (TPSA) is 54.0 Å². The molecule has 1 aliphatic heterocycles. The molecular formula is C16H20FN2O2+. The number of nitrogens with zero attached hydrogens (tertiary/aromatic N) is 1. The van der Waals surface area contributed by atoms with Crippen LogP contribution in [0.15, 0.2) is 24.3 Å². The first kappa shape index (κ1) is 14.2. The van der Waals surface area contributed by atoms with E-state index in [0.29, 0.717) is 11.7 Å². The number of hydrogen-bond acceptors (Lipinski definition) is 2. The maximum atomic E-state index is 13.0. The van der Waals surface area contributed by atoms with Gasteiger partial charge < -0.3 is 5.32 Å². The van der Waals surface area contributed by atoms with E-state index in [1.54, 1.807) is 0 Å². The van der Waals surface area contributed by atoms with Crippen LogP contribution in [0.4, 0.5) is 10.1 Å². The third kappa shape index (κ3) is 2.97. The molecule has 21 heavy (non-hydrogen) atoms. The van der Waals surface area contributed by atoms with Gasteiger partial charge in [-0.1, -0.05) is 6.42 Å². The maximum Gasteiger partial charge on any atom is 0.292 e. The van der Waals surface area contributed by atoms with Gasteiger partial charge in [0.1, 0.15) is 5.82 Å². The van der Waals surface area contributed by atoms with Crippen molar-refractivity contribution in [2.75, 3.05) is 4.90 Å². The highest BCUT2D eigenvalue weighted by Gasteiger charge is 2.43. The Morgan fingerprint density at radius 3 is 2.38 bits per heavy atom. The largest absolute Gasteiger partial charge is 0.333 e. The first-order valence-electron chi connectivity index (χ1n) is 7.62. The van der Waals surface area contributed by atoms with Crippen LogP contribution in [-0.2, 0) is 9.59 Å². The molecule has 1 unspecified atom stereocenters. The summed E-state index contributed by atoms with van der Waals surface area (Å²) in [6.45, 7) is 0. The molecule has 2 fully saturated rings. The third-order valence-electron chi connectivity index (χ3n) is 4.42. The van der Waals surface area contributed by atoms with E-state index in [4.69, 9.17) is 0 Å².